The summed E-state index contributed by atoms with van der Waals surface area (Å²) in [5, 5.41) is 8.83. The Balaban J connectivity index is 1.16. The number of rotatable bonds is 18. The number of carbonyl (C=O) groups excluding carboxylic acids is 4. The summed E-state index contributed by atoms with van der Waals surface area (Å²) in [6, 6.07) is 20.4. The van der Waals surface area contributed by atoms with E-state index in [1.54, 1.807) is 11.3 Å². The zero-order valence-corrected chi connectivity index (χ0v) is 40.4. The van der Waals surface area contributed by atoms with E-state index in [9.17, 15) is 19.2 Å². The Kier molecular flexibility index (Phi) is 14.5. The van der Waals surface area contributed by atoms with Crippen LogP contribution in [0.15, 0.2) is 84.5 Å². The zero-order chi connectivity index (χ0) is 46.7. The number of ketones is 2. The molecule has 0 saturated heterocycles. The van der Waals surface area contributed by atoms with Crippen LogP contribution in [0.3, 0.4) is 0 Å². The van der Waals surface area contributed by atoms with Crippen LogP contribution in [0.2, 0.25) is 0 Å². The molecule has 5 aromatic rings. The molecule has 5 unspecified atom stereocenters. The largest absolute Gasteiger partial charge is 0.453 e. The van der Waals surface area contributed by atoms with Crippen LogP contribution in [0, 0.1) is 30.1 Å². The van der Waals surface area contributed by atoms with Gasteiger partial charge in [0, 0.05) is 44.8 Å². The van der Waals surface area contributed by atoms with Crippen molar-refractivity contribution in [3.8, 4) is 21.0 Å². The Morgan fingerprint density at radius 1 is 0.877 bits per heavy atom. The van der Waals surface area contributed by atoms with Crippen molar-refractivity contribution in [1.82, 2.24) is 20.6 Å². The van der Waals surface area contributed by atoms with Crippen LogP contribution in [-0.2, 0) is 19.1 Å². The van der Waals surface area contributed by atoms with Crippen molar-refractivity contribution >= 4 is 56.8 Å². The first-order valence-corrected chi connectivity index (χ1v) is 24.1. The molecule has 7 rings (SSSR count). The van der Waals surface area contributed by atoms with Gasteiger partial charge >= 0.3 is 12.2 Å². The topological polar surface area (TPSA) is 139 Å². The van der Waals surface area contributed by atoms with Gasteiger partial charge in [-0.25, -0.2) is 9.59 Å². The molecule has 2 fully saturated rings. The third-order valence-electron chi connectivity index (χ3n) is 13.8. The molecule has 2 aromatic carbocycles. The molecule has 0 bridgehead atoms. The summed E-state index contributed by atoms with van der Waals surface area (Å²) in [5.74, 6) is -0.467. The van der Waals surface area contributed by atoms with Crippen LogP contribution in [0.4, 0.5) is 9.59 Å². The summed E-state index contributed by atoms with van der Waals surface area (Å²) in [4.78, 5) is 64.2. The van der Waals surface area contributed by atoms with E-state index in [1.807, 2.05) is 34.6 Å². The second-order valence-electron chi connectivity index (χ2n) is 19.4. The fourth-order valence-electron chi connectivity index (χ4n) is 9.92. The minimum absolute atomic E-state index is 0.0155. The number of hydrogen-bond donors (Lipinski definition) is 3. The maximum absolute atomic E-state index is 14.2. The Bertz CT molecular complexity index is 2630. The molecule has 11 heteroatoms. The highest BCUT2D eigenvalue weighted by molar-refractivity contribution is 7.18. The Morgan fingerprint density at radius 3 is 2.18 bits per heavy atom. The number of aromatic nitrogens is 2. The number of nitrogens with one attached hydrogen (secondary N) is 3. The molecule has 0 radical (unpaired) electrons. The molecule has 3 aromatic heterocycles. The first-order chi connectivity index (χ1) is 31.0. The first kappa shape index (κ1) is 47.4. The number of methoxy groups -OCH3 is 2. The number of Topliss-reactive ketones (excluding diaryl/α,β-unsaturated/α-hetero) is 2. The van der Waals surface area contributed by atoms with Gasteiger partial charge in [0.2, 0.25) is 0 Å². The molecule has 65 heavy (non-hydrogen) atoms. The smallest absolute Gasteiger partial charge is 0.407 e. The summed E-state index contributed by atoms with van der Waals surface area (Å²) in [7, 11) is 2.64. The van der Waals surface area contributed by atoms with E-state index < -0.39 is 24.3 Å². The number of pyridine rings is 1. The number of ether oxygens (including phenoxy) is 2. The number of fused-ring (bicyclic) bond motifs is 3. The maximum atomic E-state index is 14.2. The van der Waals surface area contributed by atoms with E-state index in [4.69, 9.17) is 14.5 Å². The Labute approximate surface area is 388 Å². The molecule has 0 aliphatic heterocycles. The fourth-order valence-corrected chi connectivity index (χ4v) is 10.9. The number of benzene rings is 2. The Hall–Kier alpha value is -5.55. The summed E-state index contributed by atoms with van der Waals surface area (Å²) in [5.41, 5.74) is 8.13. The lowest BCUT2D eigenvalue weighted by atomic mass is 9.83. The average Bonchev–Trinajstić information content (AvgIpc) is 3.56. The van der Waals surface area contributed by atoms with Crippen molar-refractivity contribution in [1.29, 1.82) is 0 Å². The van der Waals surface area contributed by atoms with Crippen LogP contribution in [0.5, 0.6) is 0 Å². The van der Waals surface area contributed by atoms with Gasteiger partial charge in [-0.05, 0) is 128 Å². The normalized spacial score (nSPS) is 18.2. The molecule has 3 heterocycles. The van der Waals surface area contributed by atoms with Gasteiger partial charge in [0.1, 0.15) is 0 Å². The minimum Gasteiger partial charge on any atom is -0.453 e. The first-order valence-electron chi connectivity index (χ1n) is 23.3. The predicted octanol–water partition coefficient (Wildman–Crippen LogP) is 12.8. The Morgan fingerprint density at radius 2 is 1.54 bits per heavy atom. The molecule has 2 aliphatic rings. The number of H-pyrrole nitrogens is 1. The van der Waals surface area contributed by atoms with Gasteiger partial charge in [-0.1, -0.05) is 83.0 Å². The lowest BCUT2D eigenvalue weighted by Gasteiger charge is -2.26. The van der Waals surface area contributed by atoms with Crippen molar-refractivity contribution in [3.63, 3.8) is 0 Å². The number of nitrogens with zero attached hydrogens (tertiary/aromatic N) is 1. The van der Waals surface area contributed by atoms with Crippen molar-refractivity contribution in [3.05, 3.63) is 101 Å². The van der Waals surface area contributed by atoms with Gasteiger partial charge in [0.25, 0.3) is 0 Å². The fraction of sp³-hybridized carbons (Fsp3) is 0.463. The maximum Gasteiger partial charge on any atom is 0.407 e. The van der Waals surface area contributed by atoms with Crippen LogP contribution < -0.4 is 10.6 Å². The van der Waals surface area contributed by atoms with Crippen LogP contribution in [0.25, 0.3) is 42.7 Å². The van der Waals surface area contributed by atoms with E-state index >= 15 is 0 Å². The number of carbonyl (C=O) groups is 4. The van der Waals surface area contributed by atoms with Gasteiger partial charge in [-0.2, -0.15) is 0 Å². The van der Waals surface area contributed by atoms with Gasteiger partial charge in [-0.3, -0.25) is 14.6 Å². The van der Waals surface area contributed by atoms with Gasteiger partial charge < -0.3 is 25.1 Å². The van der Waals surface area contributed by atoms with E-state index in [0.717, 1.165) is 104 Å². The van der Waals surface area contributed by atoms with Crippen molar-refractivity contribution in [2.45, 2.75) is 124 Å². The number of allylic oxidation sites excluding steroid dienone is 2. The number of alkyl carbamates (subject to hydrolysis) is 2. The van der Waals surface area contributed by atoms with Gasteiger partial charge in [-0.15, -0.1) is 17.9 Å². The molecule has 2 aliphatic carbocycles. The summed E-state index contributed by atoms with van der Waals surface area (Å²) in [6.45, 7) is 18.1. The quantitative estimate of drug-likeness (QED) is 0.0452. The highest BCUT2D eigenvalue weighted by atomic mass is 32.1. The van der Waals surface area contributed by atoms with Crippen molar-refractivity contribution in [2.24, 2.45) is 23.2 Å². The molecule has 2 amide bonds. The highest BCUT2D eigenvalue weighted by Gasteiger charge is 2.56. The molecule has 3 N–H and O–H groups in total. The van der Waals surface area contributed by atoms with Gasteiger partial charge in [0.15, 0.2) is 11.6 Å². The summed E-state index contributed by atoms with van der Waals surface area (Å²) in [6.07, 6.45) is 7.95. The third kappa shape index (κ3) is 10.5. The second-order valence-corrected chi connectivity index (χ2v) is 20.5. The molecule has 10 nitrogen and oxygen atoms in total. The van der Waals surface area contributed by atoms with E-state index in [1.165, 1.54) is 14.2 Å². The van der Waals surface area contributed by atoms with Crippen molar-refractivity contribution < 1.29 is 28.7 Å². The molecule has 344 valence electrons. The minimum atomic E-state index is -0.702. The zero-order valence-electron chi connectivity index (χ0n) is 39.6. The molecule has 2 saturated carbocycles. The number of thiophene rings is 1. The third-order valence-corrected chi connectivity index (χ3v) is 14.9. The highest BCUT2D eigenvalue weighted by Crippen LogP contribution is 2.64. The second kappa shape index (κ2) is 19.9. The van der Waals surface area contributed by atoms with Gasteiger partial charge in [0.05, 0.1) is 42.4 Å². The van der Waals surface area contributed by atoms with Crippen molar-refractivity contribution in [2.75, 3.05) is 14.2 Å². The SMILES string of the molecule is C=C(C)CC/C(=C/C(CCC)c1[nH]c(-c2ccc(-c3ccc4c(ccc5ccc(C6CC7(CC7)CC6C(=O)C(NC(=O)OC)C(C)C)nc54)c3)s2)cc1C)C(=O)C(NC(=O)OC)C(C)C. The van der Waals surface area contributed by atoms with Crippen LogP contribution >= 0.6 is 11.3 Å². The van der Waals surface area contributed by atoms with Crippen LogP contribution in [0.1, 0.15) is 122 Å². The molecule has 5 atom stereocenters. The summed E-state index contributed by atoms with van der Waals surface area (Å²) < 4.78 is 9.75. The summed E-state index contributed by atoms with van der Waals surface area (Å²) >= 11 is 1.74. The average molecular weight is 899 g/mol. The van der Waals surface area contributed by atoms with E-state index in [2.05, 4.69) is 103 Å². The standard InChI is InChI=1S/C54H66N4O6S/c1-11-12-37(27-38(14-13-30(2)3)50(59)46(31(4)5)57-52(61)63-9)48-33(8)25-43(56-48)45-22-21-44(65-45)36-17-19-39-35(26-36)16-15-34-18-20-42(55-49(34)39)40-28-54(23-24-54)29-41(40)51(60)47(32(6)7)58-53(62)64-10/h15-22,25-27,31-32,37,40-41,46-47,56H,2,11-14,23-24,28-29H2,1,3-10H3,(H,57,61)(H,58,62)/b38-27-. The monoisotopic (exact) mass is 898 g/mol. The van der Waals surface area contributed by atoms with E-state index in [-0.39, 0.29) is 46.6 Å². The molecule has 1 spiro atoms. The number of amides is 2. The molecular weight excluding hydrogens is 833 g/mol. The predicted molar refractivity (Wildman–Crippen MR) is 262 cm³/mol. The lowest BCUT2D eigenvalue weighted by molar-refractivity contribution is -0.126. The lowest BCUT2D eigenvalue weighted by Crippen LogP contribution is -2.47. The molecular formula is C54H66N4O6S. The number of aromatic amines is 1. The van der Waals surface area contributed by atoms with Crippen LogP contribution in [-0.4, -0.2) is 60.0 Å². The van der Waals surface area contributed by atoms with E-state index in [0.29, 0.717) is 18.4 Å². The number of hydrogen-bond acceptors (Lipinski definition) is 8. The number of aryl methyl sites for hydroxylation is 1.